The molecule has 1 aliphatic carbocycles. The Morgan fingerprint density at radius 2 is 1.86 bits per heavy atom. The molecule has 0 amide bonds. The normalized spacial score (nSPS) is 18.0. The molecule has 0 aromatic heterocycles. The molecule has 0 aliphatic heterocycles. The first-order chi connectivity index (χ1) is 10.3. The molecule has 2 rings (SSSR count). The van der Waals surface area contributed by atoms with Crippen LogP contribution in [0.25, 0.3) is 0 Å². The van der Waals surface area contributed by atoms with E-state index >= 15 is 0 Å². The van der Waals surface area contributed by atoms with Crippen LogP contribution in [0.4, 0.5) is 0 Å². The van der Waals surface area contributed by atoms with Crippen LogP contribution in [0.15, 0.2) is 30.3 Å². The van der Waals surface area contributed by atoms with E-state index < -0.39 is 0 Å². The maximum atomic E-state index is 3.72. The van der Waals surface area contributed by atoms with Crippen LogP contribution < -0.4 is 5.32 Å². The van der Waals surface area contributed by atoms with Gasteiger partial charge in [-0.3, -0.25) is 0 Å². The minimum absolute atomic E-state index is 0.506. The predicted molar refractivity (Wildman–Crippen MR) is 91.6 cm³/mol. The lowest BCUT2D eigenvalue weighted by atomic mass is 9.94. The van der Waals surface area contributed by atoms with Crippen LogP contribution >= 0.6 is 0 Å². The highest BCUT2D eigenvalue weighted by atomic mass is 15.1. The second-order valence-corrected chi connectivity index (χ2v) is 6.45. The zero-order chi connectivity index (χ0) is 14.9. The van der Waals surface area contributed by atoms with E-state index in [-0.39, 0.29) is 0 Å². The molecule has 0 radical (unpaired) electrons. The van der Waals surface area contributed by atoms with Crippen molar-refractivity contribution in [1.82, 2.24) is 10.2 Å². The molecule has 1 aromatic rings. The van der Waals surface area contributed by atoms with Crippen molar-refractivity contribution in [3.8, 4) is 0 Å². The van der Waals surface area contributed by atoms with Crippen molar-refractivity contribution in [3.05, 3.63) is 35.9 Å². The number of rotatable bonds is 8. The van der Waals surface area contributed by atoms with Gasteiger partial charge in [0.1, 0.15) is 0 Å². The summed E-state index contributed by atoms with van der Waals surface area (Å²) in [6.07, 6.45) is 9.52. The van der Waals surface area contributed by atoms with Crippen LogP contribution in [0, 0.1) is 0 Å². The molecule has 21 heavy (non-hydrogen) atoms. The largest absolute Gasteiger partial charge is 0.310 e. The fourth-order valence-corrected chi connectivity index (χ4v) is 3.49. The summed E-state index contributed by atoms with van der Waals surface area (Å²) in [4.78, 5) is 2.59. The van der Waals surface area contributed by atoms with E-state index in [0.29, 0.717) is 6.04 Å². The van der Waals surface area contributed by atoms with Gasteiger partial charge in [0, 0.05) is 12.1 Å². The van der Waals surface area contributed by atoms with Gasteiger partial charge < -0.3 is 10.2 Å². The summed E-state index contributed by atoms with van der Waals surface area (Å²) in [6.45, 7) is 4.60. The minimum atomic E-state index is 0.506. The molecule has 0 heterocycles. The molecule has 0 bridgehead atoms. The van der Waals surface area contributed by atoms with Crippen molar-refractivity contribution in [3.63, 3.8) is 0 Å². The molecular formula is C19H32N2. The van der Waals surface area contributed by atoms with Crippen molar-refractivity contribution in [2.75, 3.05) is 20.1 Å². The second-order valence-electron chi connectivity index (χ2n) is 6.45. The topological polar surface area (TPSA) is 15.3 Å². The summed E-state index contributed by atoms with van der Waals surface area (Å²) in [6, 6.07) is 12.2. The Morgan fingerprint density at radius 3 is 2.52 bits per heavy atom. The lowest BCUT2D eigenvalue weighted by Crippen LogP contribution is -2.35. The number of nitrogens with one attached hydrogen (secondary N) is 1. The molecule has 1 atom stereocenters. The predicted octanol–water partition coefficient (Wildman–Crippen LogP) is 4.38. The quantitative estimate of drug-likeness (QED) is 0.714. The third kappa shape index (κ3) is 5.44. The van der Waals surface area contributed by atoms with Crippen LogP contribution in [-0.2, 0) is 0 Å². The molecule has 2 nitrogen and oxygen atoms in total. The van der Waals surface area contributed by atoms with E-state index in [4.69, 9.17) is 0 Å². The Balaban J connectivity index is 1.66. The van der Waals surface area contributed by atoms with Gasteiger partial charge in [0.2, 0.25) is 0 Å². The summed E-state index contributed by atoms with van der Waals surface area (Å²) in [7, 11) is 2.31. The number of benzene rings is 1. The summed E-state index contributed by atoms with van der Waals surface area (Å²) in [5, 5.41) is 3.72. The fraction of sp³-hybridized carbons (Fsp3) is 0.684. The first-order valence-electron chi connectivity index (χ1n) is 8.80. The molecule has 1 unspecified atom stereocenters. The van der Waals surface area contributed by atoms with Crippen molar-refractivity contribution in [2.45, 2.75) is 64.0 Å². The summed E-state index contributed by atoms with van der Waals surface area (Å²) in [5.74, 6) is 0. The van der Waals surface area contributed by atoms with Crippen LogP contribution in [0.5, 0.6) is 0 Å². The Kier molecular flexibility index (Phi) is 7.25. The molecular weight excluding hydrogens is 256 g/mol. The van der Waals surface area contributed by atoms with Gasteiger partial charge >= 0.3 is 0 Å². The Bertz CT molecular complexity index is 370. The van der Waals surface area contributed by atoms with Gasteiger partial charge in [0.25, 0.3) is 0 Å². The Labute approximate surface area is 130 Å². The number of hydrogen-bond acceptors (Lipinski definition) is 2. The Morgan fingerprint density at radius 1 is 1.14 bits per heavy atom. The van der Waals surface area contributed by atoms with Gasteiger partial charge in [-0.25, -0.2) is 0 Å². The van der Waals surface area contributed by atoms with Crippen LogP contribution in [0.1, 0.15) is 63.5 Å². The highest BCUT2D eigenvalue weighted by Gasteiger charge is 2.17. The van der Waals surface area contributed by atoms with E-state index in [1.165, 1.54) is 50.6 Å². The molecule has 1 fully saturated rings. The first-order valence-corrected chi connectivity index (χ1v) is 8.80. The fourth-order valence-electron chi connectivity index (χ4n) is 3.49. The third-order valence-electron chi connectivity index (χ3n) is 4.89. The average molecular weight is 288 g/mol. The minimum Gasteiger partial charge on any atom is -0.310 e. The van der Waals surface area contributed by atoms with E-state index in [1.807, 2.05) is 0 Å². The number of nitrogens with zero attached hydrogens (tertiary/aromatic N) is 1. The standard InChI is InChI=1S/C19H32N2/c1-3-19(17-11-6-4-7-12-17)20-15-10-16-21(2)18-13-8-5-9-14-18/h4,6-7,11-12,18-20H,3,5,8-10,13-16H2,1-2H3. The summed E-state index contributed by atoms with van der Waals surface area (Å²) < 4.78 is 0. The molecule has 1 aromatic carbocycles. The first kappa shape index (κ1) is 16.5. The average Bonchev–Trinajstić information content (AvgIpc) is 2.56. The van der Waals surface area contributed by atoms with Crippen molar-refractivity contribution in [1.29, 1.82) is 0 Å². The number of hydrogen-bond donors (Lipinski definition) is 1. The van der Waals surface area contributed by atoms with Crippen molar-refractivity contribution in [2.24, 2.45) is 0 Å². The van der Waals surface area contributed by atoms with Crippen LogP contribution in [-0.4, -0.2) is 31.1 Å². The molecule has 2 heteroatoms. The molecule has 1 N–H and O–H groups in total. The zero-order valence-corrected chi connectivity index (χ0v) is 13.9. The molecule has 1 saturated carbocycles. The van der Waals surface area contributed by atoms with Gasteiger partial charge in [0.15, 0.2) is 0 Å². The van der Waals surface area contributed by atoms with E-state index in [1.54, 1.807) is 0 Å². The SMILES string of the molecule is CCC(NCCCN(C)C1CCCCC1)c1ccccc1. The second kappa shape index (κ2) is 9.22. The monoisotopic (exact) mass is 288 g/mol. The maximum absolute atomic E-state index is 3.72. The van der Waals surface area contributed by atoms with Gasteiger partial charge in [-0.15, -0.1) is 0 Å². The third-order valence-corrected chi connectivity index (χ3v) is 4.89. The van der Waals surface area contributed by atoms with E-state index in [2.05, 4.69) is 54.5 Å². The van der Waals surface area contributed by atoms with Gasteiger partial charge in [-0.2, -0.15) is 0 Å². The van der Waals surface area contributed by atoms with E-state index in [0.717, 1.165) is 19.0 Å². The highest BCUT2D eigenvalue weighted by Crippen LogP contribution is 2.21. The van der Waals surface area contributed by atoms with Crippen LogP contribution in [0.2, 0.25) is 0 Å². The maximum Gasteiger partial charge on any atom is 0.0317 e. The van der Waals surface area contributed by atoms with Crippen LogP contribution in [0.3, 0.4) is 0 Å². The smallest absolute Gasteiger partial charge is 0.0317 e. The molecule has 118 valence electrons. The molecule has 1 aliphatic rings. The summed E-state index contributed by atoms with van der Waals surface area (Å²) in [5.41, 5.74) is 1.42. The van der Waals surface area contributed by atoms with Crippen molar-refractivity contribution >= 4 is 0 Å². The zero-order valence-electron chi connectivity index (χ0n) is 13.9. The lowest BCUT2D eigenvalue weighted by Gasteiger charge is -2.31. The lowest BCUT2D eigenvalue weighted by molar-refractivity contribution is 0.189. The highest BCUT2D eigenvalue weighted by molar-refractivity contribution is 5.18. The van der Waals surface area contributed by atoms with Gasteiger partial charge in [-0.05, 0) is 51.4 Å². The molecule has 0 saturated heterocycles. The van der Waals surface area contributed by atoms with Gasteiger partial charge in [0.05, 0.1) is 0 Å². The molecule has 0 spiro atoms. The van der Waals surface area contributed by atoms with E-state index in [9.17, 15) is 0 Å². The van der Waals surface area contributed by atoms with Crippen molar-refractivity contribution < 1.29 is 0 Å². The van der Waals surface area contributed by atoms with Gasteiger partial charge in [-0.1, -0.05) is 56.5 Å². The Hall–Kier alpha value is -0.860. The summed E-state index contributed by atoms with van der Waals surface area (Å²) >= 11 is 0.